The van der Waals surface area contributed by atoms with Crippen LogP contribution in [0.5, 0.6) is 0 Å². The van der Waals surface area contributed by atoms with E-state index in [9.17, 15) is 0 Å². The third-order valence-corrected chi connectivity index (χ3v) is 2.94. The Kier molecular flexibility index (Phi) is 5.41. The highest BCUT2D eigenvalue weighted by atomic mass is 15.3. The fourth-order valence-corrected chi connectivity index (χ4v) is 2.10. The van der Waals surface area contributed by atoms with Crippen LogP contribution in [0.3, 0.4) is 0 Å². The first-order valence-corrected chi connectivity index (χ1v) is 7.57. The second kappa shape index (κ2) is 7.49. The number of aromatic nitrogens is 6. The minimum Gasteiger partial charge on any atom is -0.291 e. The number of hydrogen-bond acceptors (Lipinski definition) is 4. The zero-order valence-corrected chi connectivity index (χ0v) is 13.6. The van der Waals surface area contributed by atoms with Crippen LogP contribution in [-0.4, -0.2) is 29.1 Å². The van der Waals surface area contributed by atoms with Gasteiger partial charge >= 0.3 is 0 Å². The summed E-state index contributed by atoms with van der Waals surface area (Å²) < 4.78 is 3.74. The van der Waals surface area contributed by atoms with Crippen molar-refractivity contribution in [3.8, 4) is 0 Å². The highest BCUT2D eigenvalue weighted by molar-refractivity contribution is 5.28. The van der Waals surface area contributed by atoms with E-state index in [1.807, 2.05) is 61.4 Å². The van der Waals surface area contributed by atoms with Crippen molar-refractivity contribution in [2.24, 2.45) is 0 Å². The molecule has 0 spiro atoms. The molecule has 0 atom stereocenters. The maximum absolute atomic E-state index is 4.25. The fraction of sp³-hybridized carbons (Fsp3) is 0.375. The molecule has 22 heavy (non-hydrogen) atoms. The van der Waals surface area contributed by atoms with Crippen LogP contribution in [0.25, 0.3) is 12.0 Å². The molecule has 1 aliphatic rings. The van der Waals surface area contributed by atoms with Crippen LogP contribution in [-0.2, 0) is 6.42 Å². The van der Waals surface area contributed by atoms with Gasteiger partial charge in [0.05, 0.1) is 5.69 Å². The number of imidazole rings is 1. The molecule has 4 heterocycles. The summed E-state index contributed by atoms with van der Waals surface area (Å²) in [6.45, 7) is 7.87. The third kappa shape index (κ3) is 3.78. The van der Waals surface area contributed by atoms with Gasteiger partial charge in [-0.2, -0.15) is 5.10 Å². The molecule has 1 aliphatic heterocycles. The molecular weight excluding hydrogens is 276 g/mol. The molecule has 0 bridgehead atoms. The van der Waals surface area contributed by atoms with E-state index >= 15 is 0 Å². The Balaban J connectivity index is 0.000000144. The molecule has 0 radical (unpaired) electrons. The van der Waals surface area contributed by atoms with Crippen molar-refractivity contribution in [1.29, 1.82) is 0 Å². The van der Waals surface area contributed by atoms with Crippen molar-refractivity contribution in [2.45, 2.75) is 40.5 Å². The summed E-state index contributed by atoms with van der Waals surface area (Å²) in [6.07, 6.45) is 11.8. The first-order chi connectivity index (χ1) is 10.7. The molecule has 3 aromatic rings. The SMILES string of the molecule is CC.Cc1cn2cccnc2n1.Cc1nc2n(n1)C=CCC2. The maximum atomic E-state index is 4.25. The van der Waals surface area contributed by atoms with Gasteiger partial charge in [0.2, 0.25) is 5.78 Å². The number of fused-ring (bicyclic) bond motifs is 2. The van der Waals surface area contributed by atoms with Crippen molar-refractivity contribution in [2.75, 3.05) is 0 Å². The van der Waals surface area contributed by atoms with Crippen LogP contribution in [0.4, 0.5) is 0 Å². The van der Waals surface area contributed by atoms with Crippen molar-refractivity contribution in [3.05, 3.63) is 48.1 Å². The van der Waals surface area contributed by atoms with Crippen LogP contribution in [0, 0.1) is 13.8 Å². The van der Waals surface area contributed by atoms with Crippen LogP contribution in [0.1, 0.15) is 37.6 Å². The Labute approximate surface area is 130 Å². The average Bonchev–Trinajstić information content (AvgIpc) is 3.10. The summed E-state index contributed by atoms with van der Waals surface area (Å²) in [7, 11) is 0. The average molecular weight is 298 g/mol. The van der Waals surface area contributed by atoms with Crippen LogP contribution >= 0.6 is 0 Å². The molecule has 0 N–H and O–H groups in total. The summed E-state index contributed by atoms with van der Waals surface area (Å²) >= 11 is 0. The number of nitrogens with zero attached hydrogens (tertiary/aromatic N) is 6. The molecule has 0 saturated carbocycles. The van der Waals surface area contributed by atoms with Gasteiger partial charge in [-0.1, -0.05) is 19.9 Å². The largest absolute Gasteiger partial charge is 0.291 e. The third-order valence-electron chi connectivity index (χ3n) is 2.94. The van der Waals surface area contributed by atoms with Gasteiger partial charge in [0.1, 0.15) is 11.6 Å². The summed E-state index contributed by atoms with van der Waals surface area (Å²) in [6, 6.07) is 1.88. The predicted octanol–water partition coefficient (Wildman–Crippen LogP) is 3.07. The zero-order valence-electron chi connectivity index (χ0n) is 13.6. The van der Waals surface area contributed by atoms with E-state index in [-0.39, 0.29) is 0 Å². The minimum atomic E-state index is 0.764. The van der Waals surface area contributed by atoms with E-state index in [0.717, 1.165) is 36.0 Å². The summed E-state index contributed by atoms with van der Waals surface area (Å²) in [5.74, 6) is 2.71. The topological polar surface area (TPSA) is 60.9 Å². The molecule has 6 heteroatoms. The van der Waals surface area contributed by atoms with E-state index in [0.29, 0.717) is 0 Å². The van der Waals surface area contributed by atoms with E-state index in [2.05, 4.69) is 26.1 Å². The van der Waals surface area contributed by atoms with Crippen LogP contribution < -0.4 is 0 Å². The van der Waals surface area contributed by atoms with Gasteiger partial charge in [-0.25, -0.2) is 19.6 Å². The number of allylic oxidation sites excluding steroid dienone is 1. The fourth-order valence-electron chi connectivity index (χ4n) is 2.10. The Morgan fingerprint density at radius 2 is 1.95 bits per heavy atom. The summed E-state index contributed by atoms with van der Waals surface area (Å²) in [4.78, 5) is 12.5. The lowest BCUT2D eigenvalue weighted by Gasteiger charge is -2.02. The number of hydrogen-bond donors (Lipinski definition) is 0. The lowest BCUT2D eigenvalue weighted by Crippen LogP contribution is -2.01. The normalized spacial score (nSPS) is 12.0. The van der Waals surface area contributed by atoms with Crippen molar-refractivity contribution < 1.29 is 0 Å². The molecule has 0 unspecified atom stereocenters. The number of rotatable bonds is 0. The molecular formula is C16H22N6. The Hall–Kier alpha value is -2.50. The smallest absolute Gasteiger partial charge is 0.233 e. The van der Waals surface area contributed by atoms with E-state index in [1.54, 1.807) is 6.20 Å². The van der Waals surface area contributed by atoms with Gasteiger partial charge in [0.25, 0.3) is 0 Å². The Morgan fingerprint density at radius 3 is 2.68 bits per heavy atom. The quantitative estimate of drug-likeness (QED) is 0.640. The number of aryl methyl sites for hydroxylation is 3. The molecule has 6 nitrogen and oxygen atoms in total. The lowest BCUT2D eigenvalue weighted by atomic mass is 10.2. The Morgan fingerprint density at radius 1 is 1.14 bits per heavy atom. The predicted molar refractivity (Wildman–Crippen MR) is 87.5 cm³/mol. The molecule has 0 amide bonds. The van der Waals surface area contributed by atoms with Gasteiger partial charge in [0, 0.05) is 31.2 Å². The van der Waals surface area contributed by atoms with E-state index < -0.39 is 0 Å². The molecule has 0 aliphatic carbocycles. The van der Waals surface area contributed by atoms with Gasteiger partial charge in [-0.15, -0.1) is 0 Å². The van der Waals surface area contributed by atoms with Gasteiger partial charge in [0.15, 0.2) is 0 Å². The Bertz CT molecular complexity index is 720. The van der Waals surface area contributed by atoms with Gasteiger partial charge in [-0.05, 0) is 26.3 Å². The summed E-state index contributed by atoms with van der Waals surface area (Å²) in [5, 5.41) is 4.17. The zero-order chi connectivity index (χ0) is 15.9. The molecule has 0 aromatic carbocycles. The van der Waals surface area contributed by atoms with Crippen molar-refractivity contribution in [1.82, 2.24) is 29.1 Å². The van der Waals surface area contributed by atoms with Crippen molar-refractivity contribution >= 4 is 12.0 Å². The van der Waals surface area contributed by atoms with Gasteiger partial charge in [-0.3, -0.25) is 4.40 Å². The first kappa shape index (κ1) is 15.9. The van der Waals surface area contributed by atoms with E-state index in [4.69, 9.17) is 0 Å². The monoisotopic (exact) mass is 298 g/mol. The van der Waals surface area contributed by atoms with Crippen LogP contribution in [0.15, 0.2) is 30.7 Å². The molecule has 4 rings (SSSR count). The minimum absolute atomic E-state index is 0.764. The molecule has 0 fully saturated rings. The lowest BCUT2D eigenvalue weighted by molar-refractivity contribution is 0.780. The second-order valence-electron chi connectivity index (χ2n) is 4.65. The standard InChI is InChI=1S/C7H7N3.C7H9N3.C2H6/c1-6-5-10-4-2-3-8-7(10)9-6;1-6-8-7-4-2-3-5-10(7)9-6;1-2/h2-5H,1H3;3,5H,2,4H2,1H3;1-2H3. The highest BCUT2D eigenvalue weighted by Gasteiger charge is 2.06. The van der Waals surface area contributed by atoms with Gasteiger partial charge < -0.3 is 0 Å². The highest BCUT2D eigenvalue weighted by Crippen LogP contribution is 2.07. The van der Waals surface area contributed by atoms with Crippen molar-refractivity contribution in [3.63, 3.8) is 0 Å². The van der Waals surface area contributed by atoms with E-state index in [1.165, 1.54) is 0 Å². The molecule has 116 valence electrons. The van der Waals surface area contributed by atoms with Crippen LogP contribution in [0.2, 0.25) is 0 Å². The summed E-state index contributed by atoms with van der Waals surface area (Å²) in [5.41, 5.74) is 0.999. The first-order valence-electron chi connectivity index (χ1n) is 7.57. The maximum Gasteiger partial charge on any atom is 0.233 e. The molecule has 3 aromatic heterocycles. The molecule has 0 saturated heterocycles. The second-order valence-corrected chi connectivity index (χ2v) is 4.65.